The number of aromatic carboxylic acids is 2. The smallest absolute Gasteiger partial charge is 0.336 e. The van der Waals surface area contributed by atoms with Crippen LogP contribution in [0.4, 0.5) is 0 Å². The van der Waals surface area contributed by atoms with Crippen molar-refractivity contribution in [2.24, 2.45) is 0 Å². The molecule has 0 radical (unpaired) electrons. The highest BCUT2D eigenvalue weighted by molar-refractivity contribution is 7.66. The second-order valence-electron chi connectivity index (χ2n) is 3.31. The van der Waals surface area contributed by atoms with E-state index in [1.54, 1.807) is 0 Å². The first-order valence-corrected chi connectivity index (χ1v) is 6.20. The summed E-state index contributed by atoms with van der Waals surface area (Å²) in [5.74, 6) is -3.03. The molecule has 0 saturated heterocycles. The molecule has 18 heavy (non-hydrogen) atoms. The summed E-state index contributed by atoms with van der Waals surface area (Å²) in [6.45, 7) is 0. The van der Waals surface area contributed by atoms with Crippen LogP contribution in [0.1, 0.15) is 20.7 Å². The molecule has 98 valence electrons. The minimum atomic E-state index is -4.81. The highest BCUT2D eigenvalue weighted by Gasteiger charge is 2.34. The van der Waals surface area contributed by atoms with Gasteiger partial charge < -0.3 is 25.3 Å². The SMILES string of the molecule is O=C(O)c1ccc(C(=O)O)c(P(=O)(O)C(O)O)c1. The molecule has 0 bridgehead atoms. The van der Waals surface area contributed by atoms with Crippen LogP contribution in [-0.4, -0.2) is 43.3 Å². The molecule has 9 heteroatoms. The van der Waals surface area contributed by atoms with Gasteiger partial charge in [0, 0.05) is 0 Å². The molecule has 1 rings (SSSR count). The lowest BCUT2D eigenvalue weighted by Gasteiger charge is -2.16. The monoisotopic (exact) mass is 276 g/mol. The van der Waals surface area contributed by atoms with E-state index in [-0.39, 0.29) is 0 Å². The Labute approximate surface area is 100 Å². The summed E-state index contributed by atoms with van der Waals surface area (Å²) in [4.78, 5) is 30.9. The molecule has 8 nitrogen and oxygen atoms in total. The van der Waals surface area contributed by atoms with Crippen LogP contribution in [0, 0.1) is 0 Å². The number of carboxylic acid groups (broad SMARTS) is 2. The molecule has 0 heterocycles. The first-order valence-electron chi connectivity index (χ1n) is 4.47. The largest absolute Gasteiger partial charge is 0.478 e. The number of carbonyl (C=O) groups is 2. The van der Waals surface area contributed by atoms with Crippen LogP contribution in [0.3, 0.4) is 0 Å². The molecule has 0 aromatic heterocycles. The number of aliphatic hydroxyl groups is 2. The van der Waals surface area contributed by atoms with Crippen LogP contribution in [-0.2, 0) is 4.57 Å². The van der Waals surface area contributed by atoms with Gasteiger partial charge >= 0.3 is 11.9 Å². The molecule has 1 aromatic rings. The van der Waals surface area contributed by atoms with Crippen molar-refractivity contribution in [3.8, 4) is 0 Å². The van der Waals surface area contributed by atoms with Gasteiger partial charge in [-0.3, -0.25) is 4.57 Å². The average Bonchev–Trinajstić information content (AvgIpc) is 2.27. The van der Waals surface area contributed by atoms with E-state index in [0.717, 1.165) is 12.1 Å². The van der Waals surface area contributed by atoms with Gasteiger partial charge in [-0.2, -0.15) is 0 Å². The van der Waals surface area contributed by atoms with Crippen molar-refractivity contribution in [1.29, 1.82) is 0 Å². The van der Waals surface area contributed by atoms with Crippen molar-refractivity contribution in [3.63, 3.8) is 0 Å². The molecule has 0 amide bonds. The molecule has 0 aliphatic rings. The van der Waals surface area contributed by atoms with E-state index < -0.39 is 41.8 Å². The molecule has 1 unspecified atom stereocenters. The summed E-state index contributed by atoms with van der Waals surface area (Å²) in [5.41, 5.74) is -1.11. The van der Waals surface area contributed by atoms with Gasteiger partial charge in [0.05, 0.1) is 16.4 Å². The van der Waals surface area contributed by atoms with E-state index in [4.69, 9.17) is 20.4 Å². The fraction of sp³-hybridized carbons (Fsp3) is 0.111. The summed E-state index contributed by atoms with van der Waals surface area (Å²) in [7, 11) is -4.81. The van der Waals surface area contributed by atoms with Gasteiger partial charge in [-0.25, -0.2) is 9.59 Å². The second-order valence-corrected chi connectivity index (χ2v) is 5.50. The summed E-state index contributed by atoms with van der Waals surface area (Å²) in [5, 5.41) is 34.2. The van der Waals surface area contributed by atoms with Crippen LogP contribution in [0.25, 0.3) is 0 Å². The lowest BCUT2D eigenvalue weighted by molar-refractivity contribution is 0.0222. The zero-order valence-electron chi connectivity index (χ0n) is 8.72. The third kappa shape index (κ3) is 2.57. The van der Waals surface area contributed by atoms with E-state index in [1.165, 1.54) is 0 Å². The number of rotatable bonds is 4. The van der Waals surface area contributed by atoms with E-state index in [9.17, 15) is 19.0 Å². The van der Waals surface area contributed by atoms with E-state index in [1.807, 2.05) is 0 Å². The van der Waals surface area contributed by atoms with Crippen LogP contribution >= 0.6 is 7.37 Å². The van der Waals surface area contributed by atoms with Gasteiger partial charge in [-0.1, -0.05) is 0 Å². The quantitative estimate of drug-likeness (QED) is 0.355. The first kappa shape index (κ1) is 14.3. The Hall–Kier alpha value is -1.73. The first-order chi connectivity index (χ1) is 8.17. The molecule has 1 atom stereocenters. The Morgan fingerprint density at radius 3 is 2.06 bits per heavy atom. The third-order valence-corrected chi connectivity index (χ3v) is 3.82. The van der Waals surface area contributed by atoms with Crippen molar-refractivity contribution in [1.82, 2.24) is 0 Å². The maximum absolute atomic E-state index is 11.6. The minimum Gasteiger partial charge on any atom is -0.478 e. The minimum absolute atomic E-state index is 0.440. The van der Waals surface area contributed by atoms with Crippen LogP contribution in [0.2, 0.25) is 0 Å². The summed E-state index contributed by atoms with van der Waals surface area (Å²) < 4.78 is 11.6. The maximum Gasteiger partial charge on any atom is 0.336 e. The van der Waals surface area contributed by atoms with Gasteiger partial charge in [0.1, 0.15) is 0 Å². The Morgan fingerprint density at radius 1 is 1.11 bits per heavy atom. The fourth-order valence-corrected chi connectivity index (χ4v) is 2.32. The topological polar surface area (TPSA) is 152 Å². The van der Waals surface area contributed by atoms with E-state index in [0.29, 0.717) is 6.07 Å². The Balaban J connectivity index is 3.56. The molecule has 0 aliphatic carbocycles. The van der Waals surface area contributed by atoms with Gasteiger partial charge in [-0.15, -0.1) is 0 Å². The second kappa shape index (κ2) is 4.87. The molecular formula is C9H9O8P. The van der Waals surface area contributed by atoms with Crippen LogP contribution in [0.5, 0.6) is 0 Å². The number of aliphatic hydroxyl groups excluding tert-OH is 1. The predicted molar refractivity (Wildman–Crippen MR) is 58.0 cm³/mol. The predicted octanol–water partition coefficient (Wildman–Crippen LogP) is -0.753. The number of hydrogen-bond acceptors (Lipinski definition) is 5. The Bertz CT molecular complexity index is 549. The zero-order valence-corrected chi connectivity index (χ0v) is 9.61. The molecule has 0 saturated carbocycles. The van der Waals surface area contributed by atoms with E-state index in [2.05, 4.69) is 0 Å². The van der Waals surface area contributed by atoms with Crippen LogP contribution in [0.15, 0.2) is 18.2 Å². The van der Waals surface area contributed by atoms with Crippen molar-refractivity contribution >= 4 is 24.6 Å². The Kier molecular flexibility index (Phi) is 3.88. The van der Waals surface area contributed by atoms with Crippen molar-refractivity contribution < 1.29 is 39.5 Å². The number of benzene rings is 1. The molecule has 0 fully saturated rings. The molecule has 5 N–H and O–H groups in total. The molecule has 0 aliphatic heterocycles. The van der Waals surface area contributed by atoms with Gasteiger partial charge in [0.25, 0.3) is 7.37 Å². The fourth-order valence-electron chi connectivity index (χ4n) is 1.23. The van der Waals surface area contributed by atoms with E-state index >= 15 is 0 Å². The standard InChI is InChI=1S/C9H9O8P/c10-7(11)4-1-2-5(8(12)13)6(3-4)18(16,17)9(14)15/h1-3,9,14-15H,(H,10,11)(H,12,13)(H,16,17). The summed E-state index contributed by atoms with van der Waals surface area (Å²) in [6, 6.07) is -0.322. The zero-order chi connectivity index (χ0) is 14.1. The van der Waals surface area contributed by atoms with Gasteiger partial charge in [-0.05, 0) is 18.2 Å². The normalized spacial score (nSPS) is 14.2. The van der Waals surface area contributed by atoms with Gasteiger partial charge in [0.15, 0.2) is 0 Å². The Morgan fingerprint density at radius 2 is 1.67 bits per heavy atom. The summed E-state index contributed by atoms with van der Waals surface area (Å²) >= 11 is 0. The molecule has 1 aromatic carbocycles. The van der Waals surface area contributed by atoms with Crippen molar-refractivity contribution in [2.45, 2.75) is 6.03 Å². The lowest BCUT2D eigenvalue weighted by Crippen LogP contribution is -2.23. The van der Waals surface area contributed by atoms with Crippen molar-refractivity contribution in [3.05, 3.63) is 29.3 Å². The highest BCUT2D eigenvalue weighted by Crippen LogP contribution is 2.43. The number of hydrogen-bond donors (Lipinski definition) is 5. The van der Waals surface area contributed by atoms with Crippen molar-refractivity contribution in [2.75, 3.05) is 0 Å². The average molecular weight is 276 g/mol. The van der Waals surface area contributed by atoms with Gasteiger partial charge in [0.2, 0.25) is 6.03 Å². The number of carboxylic acids is 2. The maximum atomic E-state index is 11.6. The molecule has 0 spiro atoms. The summed E-state index contributed by atoms with van der Waals surface area (Å²) in [6.07, 6.45) is 0. The highest BCUT2D eigenvalue weighted by atomic mass is 31.2. The third-order valence-electron chi connectivity index (χ3n) is 2.13. The lowest BCUT2D eigenvalue weighted by atomic mass is 10.1. The van der Waals surface area contributed by atoms with Crippen LogP contribution < -0.4 is 5.30 Å². The molecular weight excluding hydrogens is 267 g/mol.